The number of carbonyl (C=O) groups is 1. The van der Waals surface area contributed by atoms with Crippen LogP contribution in [0.2, 0.25) is 0 Å². The Hall–Kier alpha value is -1.31. The van der Waals surface area contributed by atoms with Crippen molar-refractivity contribution in [1.82, 2.24) is 10.3 Å². The highest BCUT2D eigenvalue weighted by atomic mass is 79.9. The number of hydrogen-bond donors (Lipinski definition) is 2. The number of nitrogens with one attached hydrogen (secondary N) is 2. The molecule has 1 aliphatic rings. The number of alkyl halides is 3. The van der Waals surface area contributed by atoms with Crippen molar-refractivity contribution in [2.45, 2.75) is 31.5 Å². The molecule has 4 nitrogen and oxygen atoms in total. The fourth-order valence-corrected chi connectivity index (χ4v) is 1.95. The van der Waals surface area contributed by atoms with E-state index in [4.69, 9.17) is 0 Å². The van der Waals surface area contributed by atoms with Gasteiger partial charge in [-0.1, -0.05) is 0 Å². The van der Waals surface area contributed by atoms with Crippen LogP contribution < -0.4 is 10.6 Å². The SMILES string of the molecule is O=C(CCNc1ncc(Br)cc1C(F)(F)F)NC1CC1. The summed E-state index contributed by atoms with van der Waals surface area (Å²) < 4.78 is 38.7. The third-order valence-corrected chi connectivity index (χ3v) is 3.18. The summed E-state index contributed by atoms with van der Waals surface area (Å²) in [5.41, 5.74) is -0.852. The van der Waals surface area contributed by atoms with Crippen molar-refractivity contribution in [1.29, 1.82) is 0 Å². The van der Waals surface area contributed by atoms with Gasteiger partial charge in [-0.05, 0) is 34.8 Å². The van der Waals surface area contributed by atoms with E-state index in [1.165, 1.54) is 6.20 Å². The van der Waals surface area contributed by atoms with Crippen LogP contribution in [0.5, 0.6) is 0 Å². The Kier molecular flexibility index (Phi) is 4.52. The highest BCUT2D eigenvalue weighted by Crippen LogP contribution is 2.35. The van der Waals surface area contributed by atoms with Gasteiger partial charge in [0, 0.05) is 29.7 Å². The largest absolute Gasteiger partial charge is 0.419 e. The predicted octanol–water partition coefficient (Wildman–Crippen LogP) is 2.94. The Balaban J connectivity index is 1.93. The fraction of sp³-hybridized carbons (Fsp3) is 0.500. The first kappa shape index (κ1) is 15.1. The van der Waals surface area contributed by atoms with Crippen LogP contribution in [0.25, 0.3) is 0 Å². The second-order valence-corrected chi connectivity index (χ2v) is 5.48. The van der Waals surface area contributed by atoms with E-state index >= 15 is 0 Å². The van der Waals surface area contributed by atoms with Crippen molar-refractivity contribution in [3.8, 4) is 0 Å². The molecule has 2 N–H and O–H groups in total. The molecule has 0 saturated heterocycles. The minimum absolute atomic E-state index is 0.107. The zero-order valence-corrected chi connectivity index (χ0v) is 12.0. The van der Waals surface area contributed by atoms with Crippen molar-refractivity contribution in [3.63, 3.8) is 0 Å². The number of carbonyl (C=O) groups excluding carboxylic acids is 1. The molecule has 0 atom stereocenters. The summed E-state index contributed by atoms with van der Waals surface area (Å²) in [4.78, 5) is 15.1. The highest BCUT2D eigenvalue weighted by Gasteiger charge is 2.34. The zero-order valence-electron chi connectivity index (χ0n) is 10.4. The number of pyridine rings is 1. The van der Waals surface area contributed by atoms with Crippen molar-refractivity contribution in [2.24, 2.45) is 0 Å². The molecule has 1 aromatic rings. The first-order chi connectivity index (χ1) is 9.36. The van der Waals surface area contributed by atoms with Gasteiger partial charge >= 0.3 is 6.18 Å². The molecule has 1 fully saturated rings. The van der Waals surface area contributed by atoms with Crippen LogP contribution in [-0.4, -0.2) is 23.5 Å². The van der Waals surface area contributed by atoms with Crippen LogP contribution in [0.3, 0.4) is 0 Å². The van der Waals surface area contributed by atoms with Gasteiger partial charge in [-0.3, -0.25) is 4.79 Å². The van der Waals surface area contributed by atoms with Crippen LogP contribution in [0.4, 0.5) is 19.0 Å². The zero-order chi connectivity index (χ0) is 14.8. The maximum atomic E-state index is 12.8. The lowest BCUT2D eigenvalue weighted by Crippen LogP contribution is -2.27. The highest BCUT2D eigenvalue weighted by molar-refractivity contribution is 9.10. The molecule has 0 aromatic carbocycles. The number of anilines is 1. The summed E-state index contributed by atoms with van der Waals surface area (Å²) >= 11 is 2.96. The second kappa shape index (κ2) is 5.99. The summed E-state index contributed by atoms with van der Waals surface area (Å²) in [7, 11) is 0. The first-order valence-electron chi connectivity index (χ1n) is 6.12. The van der Waals surface area contributed by atoms with Gasteiger partial charge in [-0.2, -0.15) is 13.2 Å². The summed E-state index contributed by atoms with van der Waals surface area (Å²) in [5.74, 6) is -0.425. The van der Waals surface area contributed by atoms with Gasteiger partial charge in [-0.15, -0.1) is 0 Å². The molecule has 0 aliphatic heterocycles. The van der Waals surface area contributed by atoms with E-state index in [1.54, 1.807) is 0 Å². The smallest absolute Gasteiger partial charge is 0.369 e. The van der Waals surface area contributed by atoms with Gasteiger partial charge in [0.2, 0.25) is 5.91 Å². The third-order valence-electron chi connectivity index (χ3n) is 2.75. The Morgan fingerprint density at radius 2 is 2.15 bits per heavy atom. The number of rotatable bonds is 5. The van der Waals surface area contributed by atoms with Gasteiger partial charge in [0.1, 0.15) is 5.82 Å². The number of hydrogen-bond acceptors (Lipinski definition) is 3. The molecule has 0 unspecified atom stereocenters. The van der Waals surface area contributed by atoms with E-state index in [9.17, 15) is 18.0 Å². The lowest BCUT2D eigenvalue weighted by Gasteiger charge is -2.13. The molecule has 0 radical (unpaired) electrons. The van der Waals surface area contributed by atoms with Crippen LogP contribution >= 0.6 is 15.9 Å². The lowest BCUT2D eigenvalue weighted by atomic mass is 10.2. The fourth-order valence-electron chi connectivity index (χ4n) is 1.62. The van der Waals surface area contributed by atoms with Gasteiger partial charge < -0.3 is 10.6 Å². The number of aromatic nitrogens is 1. The predicted molar refractivity (Wildman–Crippen MR) is 71.2 cm³/mol. The van der Waals surface area contributed by atoms with Gasteiger partial charge in [0.05, 0.1) is 5.56 Å². The molecular formula is C12H13BrF3N3O. The Bertz CT molecular complexity index is 503. The normalized spacial score (nSPS) is 15.0. The van der Waals surface area contributed by atoms with Crippen LogP contribution in [0.15, 0.2) is 16.7 Å². The van der Waals surface area contributed by atoms with Crippen molar-refractivity contribution in [2.75, 3.05) is 11.9 Å². The van der Waals surface area contributed by atoms with Gasteiger partial charge in [0.25, 0.3) is 0 Å². The molecule has 1 amide bonds. The molecule has 110 valence electrons. The molecule has 1 saturated carbocycles. The van der Waals surface area contributed by atoms with Crippen LogP contribution in [-0.2, 0) is 11.0 Å². The van der Waals surface area contributed by atoms with Crippen molar-refractivity contribution >= 4 is 27.7 Å². The average Bonchev–Trinajstić information content (AvgIpc) is 3.13. The molecule has 0 spiro atoms. The second-order valence-electron chi connectivity index (χ2n) is 4.57. The molecule has 2 rings (SSSR count). The van der Waals surface area contributed by atoms with E-state index in [-0.39, 0.29) is 35.2 Å². The number of halogens is 4. The van der Waals surface area contributed by atoms with E-state index in [2.05, 4.69) is 31.5 Å². The van der Waals surface area contributed by atoms with E-state index in [0.717, 1.165) is 18.9 Å². The molecule has 1 aliphatic carbocycles. The first-order valence-corrected chi connectivity index (χ1v) is 6.91. The maximum Gasteiger partial charge on any atom is 0.419 e. The monoisotopic (exact) mass is 351 g/mol. The summed E-state index contributed by atoms with van der Waals surface area (Å²) in [6.45, 7) is 0.107. The Morgan fingerprint density at radius 1 is 1.45 bits per heavy atom. The van der Waals surface area contributed by atoms with Crippen LogP contribution in [0, 0.1) is 0 Å². The van der Waals surface area contributed by atoms with E-state index in [1.807, 2.05) is 0 Å². The number of amides is 1. The summed E-state index contributed by atoms with van der Waals surface area (Å²) in [6.07, 6.45) is -1.14. The minimum atomic E-state index is -4.49. The van der Waals surface area contributed by atoms with E-state index < -0.39 is 11.7 Å². The third kappa shape index (κ3) is 4.36. The van der Waals surface area contributed by atoms with Gasteiger partial charge in [-0.25, -0.2) is 4.98 Å². The van der Waals surface area contributed by atoms with E-state index in [0.29, 0.717) is 0 Å². The summed E-state index contributed by atoms with van der Waals surface area (Å²) in [6, 6.07) is 1.21. The molecule has 20 heavy (non-hydrogen) atoms. The van der Waals surface area contributed by atoms with Crippen LogP contribution in [0.1, 0.15) is 24.8 Å². The molecule has 1 heterocycles. The topological polar surface area (TPSA) is 54.0 Å². The van der Waals surface area contributed by atoms with Gasteiger partial charge in [0.15, 0.2) is 0 Å². The quantitative estimate of drug-likeness (QED) is 0.857. The van der Waals surface area contributed by atoms with Crippen molar-refractivity contribution in [3.05, 3.63) is 22.3 Å². The molecule has 1 aromatic heterocycles. The Morgan fingerprint density at radius 3 is 2.75 bits per heavy atom. The minimum Gasteiger partial charge on any atom is -0.369 e. The van der Waals surface area contributed by atoms with Crippen molar-refractivity contribution < 1.29 is 18.0 Å². The molecule has 0 bridgehead atoms. The number of nitrogens with zero attached hydrogens (tertiary/aromatic N) is 1. The maximum absolute atomic E-state index is 12.8. The molecule has 8 heteroatoms. The lowest BCUT2D eigenvalue weighted by molar-refractivity contribution is -0.137. The summed E-state index contributed by atoms with van der Waals surface area (Å²) in [5, 5.41) is 5.32. The standard InChI is InChI=1S/C12H13BrF3N3O/c13-7-5-9(12(14,15)16)11(18-6-7)17-4-3-10(20)19-8-1-2-8/h5-6,8H,1-4H2,(H,17,18)(H,19,20). The Labute approximate surface area is 122 Å². The average molecular weight is 352 g/mol. The molecular weight excluding hydrogens is 339 g/mol.